The van der Waals surface area contributed by atoms with Crippen molar-refractivity contribution in [1.29, 1.82) is 0 Å². The van der Waals surface area contributed by atoms with Gasteiger partial charge in [-0.1, -0.05) is 29.8 Å². The first-order chi connectivity index (χ1) is 11.5. The Morgan fingerprint density at radius 1 is 1.12 bits per heavy atom. The molecule has 24 heavy (non-hydrogen) atoms. The van der Waals surface area contributed by atoms with E-state index in [1.807, 2.05) is 62.3 Å². The first-order valence-electron chi connectivity index (χ1n) is 7.60. The number of nitrogens with zero attached hydrogens (tertiary/aromatic N) is 3. The van der Waals surface area contributed by atoms with Gasteiger partial charge >= 0.3 is 0 Å². The van der Waals surface area contributed by atoms with Gasteiger partial charge in [-0.15, -0.1) is 0 Å². The summed E-state index contributed by atoms with van der Waals surface area (Å²) in [6, 6.07) is 15.1. The zero-order valence-electron chi connectivity index (χ0n) is 13.8. The van der Waals surface area contributed by atoms with E-state index in [4.69, 9.17) is 11.6 Å². The summed E-state index contributed by atoms with van der Waals surface area (Å²) >= 11 is 6.01. The number of carbonyl (C=O) groups excluding carboxylic acids is 1. The monoisotopic (exact) mass is 339 g/mol. The topological polar surface area (TPSA) is 35.9 Å². The molecule has 2 aromatic rings. The zero-order valence-corrected chi connectivity index (χ0v) is 14.6. The maximum absolute atomic E-state index is 12.7. The Kier molecular flexibility index (Phi) is 4.40. The molecule has 1 aliphatic rings. The van der Waals surface area contributed by atoms with Crippen molar-refractivity contribution in [3.05, 3.63) is 64.7 Å². The SMILES string of the molecule is CC1=NN(c2cccc(Cl)c2)C(=O)/C1=C/c1ccc(N(C)C)cc1. The summed E-state index contributed by atoms with van der Waals surface area (Å²) in [5.41, 5.74) is 4.02. The number of hydrogen-bond acceptors (Lipinski definition) is 3. The van der Waals surface area contributed by atoms with E-state index in [0.29, 0.717) is 22.0 Å². The van der Waals surface area contributed by atoms with Crippen LogP contribution in [-0.4, -0.2) is 25.7 Å². The minimum atomic E-state index is -0.147. The van der Waals surface area contributed by atoms with Crippen LogP contribution in [0.5, 0.6) is 0 Å². The van der Waals surface area contributed by atoms with Gasteiger partial charge in [-0.05, 0) is 48.9 Å². The molecule has 0 bridgehead atoms. The molecule has 0 fully saturated rings. The minimum Gasteiger partial charge on any atom is -0.378 e. The molecule has 0 aromatic heterocycles. The normalized spacial score (nSPS) is 15.8. The second kappa shape index (κ2) is 6.49. The third-order valence-electron chi connectivity index (χ3n) is 3.84. The summed E-state index contributed by atoms with van der Waals surface area (Å²) in [5.74, 6) is -0.147. The smallest absolute Gasteiger partial charge is 0.280 e. The summed E-state index contributed by atoms with van der Waals surface area (Å²) in [6.07, 6.45) is 1.87. The molecule has 3 rings (SSSR count). The average Bonchev–Trinajstić information content (AvgIpc) is 2.83. The number of carbonyl (C=O) groups is 1. The van der Waals surface area contributed by atoms with Crippen LogP contribution in [-0.2, 0) is 4.79 Å². The third-order valence-corrected chi connectivity index (χ3v) is 4.07. The lowest BCUT2D eigenvalue weighted by Gasteiger charge is -2.12. The summed E-state index contributed by atoms with van der Waals surface area (Å²) in [4.78, 5) is 14.7. The first-order valence-corrected chi connectivity index (χ1v) is 7.98. The van der Waals surface area contributed by atoms with Crippen LogP contribution in [0.3, 0.4) is 0 Å². The molecule has 0 aliphatic carbocycles. The highest BCUT2D eigenvalue weighted by Gasteiger charge is 2.28. The Balaban J connectivity index is 1.90. The van der Waals surface area contributed by atoms with E-state index in [1.165, 1.54) is 5.01 Å². The molecular formula is C19H18ClN3O. The van der Waals surface area contributed by atoms with Gasteiger partial charge < -0.3 is 4.90 Å². The fourth-order valence-electron chi connectivity index (χ4n) is 2.50. The van der Waals surface area contributed by atoms with Gasteiger partial charge in [0, 0.05) is 24.8 Å². The van der Waals surface area contributed by atoms with Crippen molar-refractivity contribution < 1.29 is 4.79 Å². The summed E-state index contributed by atoms with van der Waals surface area (Å²) < 4.78 is 0. The van der Waals surface area contributed by atoms with Crippen molar-refractivity contribution in [1.82, 2.24) is 0 Å². The molecule has 5 heteroatoms. The molecule has 0 atom stereocenters. The molecule has 0 N–H and O–H groups in total. The highest BCUT2D eigenvalue weighted by atomic mass is 35.5. The lowest BCUT2D eigenvalue weighted by atomic mass is 10.1. The molecule has 0 radical (unpaired) electrons. The summed E-state index contributed by atoms with van der Waals surface area (Å²) in [7, 11) is 3.99. The van der Waals surface area contributed by atoms with Crippen LogP contribution in [0, 0.1) is 0 Å². The summed E-state index contributed by atoms with van der Waals surface area (Å²) in [6.45, 7) is 1.84. The lowest BCUT2D eigenvalue weighted by molar-refractivity contribution is -0.114. The van der Waals surface area contributed by atoms with Gasteiger partial charge in [-0.2, -0.15) is 10.1 Å². The highest BCUT2D eigenvalue weighted by Crippen LogP contribution is 2.27. The number of anilines is 2. The number of hydrazone groups is 1. The molecule has 4 nitrogen and oxygen atoms in total. The molecule has 0 unspecified atom stereocenters. The predicted molar refractivity (Wildman–Crippen MR) is 101 cm³/mol. The maximum Gasteiger partial charge on any atom is 0.280 e. The van der Waals surface area contributed by atoms with Crippen LogP contribution in [0.4, 0.5) is 11.4 Å². The van der Waals surface area contributed by atoms with Gasteiger partial charge in [-0.25, -0.2) is 0 Å². The summed E-state index contributed by atoms with van der Waals surface area (Å²) in [5, 5.41) is 6.33. The van der Waals surface area contributed by atoms with Crippen LogP contribution >= 0.6 is 11.6 Å². The molecule has 0 spiro atoms. The lowest BCUT2D eigenvalue weighted by Crippen LogP contribution is -2.21. The van der Waals surface area contributed by atoms with Crippen molar-refractivity contribution in [2.24, 2.45) is 5.10 Å². The Labute approximate surface area is 146 Å². The predicted octanol–water partition coefficient (Wildman–Crippen LogP) is 4.21. The largest absolute Gasteiger partial charge is 0.378 e. The van der Waals surface area contributed by atoms with Crippen molar-refractivity contribution in [3.63, 3.8) is 0 Å². The van der Waals surface area contributed by atoms with Crippen molar-refractivity contribution in [3.8, 4) is 0 Å². The molecule has 1 aliphatic heterocycles. The van der Waals surface area contributed by atoms with E-state index in [2.05, 4.69) is 5.10 Å². The van der Waals surface area contributed by atoms with E-state index >= 15 is 0 Å². The van der Waals surface area contributed by atoms with E-state index in [0.717, 1.165) is 11.3 Å². The van der Waals surface area contributed by atoms with E-state index in [9.17, 15) is 4.79 Å². The molecule has 122 valence electrons. The Bertz CT molecular complexity index is 838. The van der Waals surface area contributed by atoms with E-state index in [1.54, 1.807) is 18.2 Å². The van der Waals surface area contributed by atoms with Gasteiger partial charge in [0.05, 0.1) is 17.0 Å². The molecule has 0 saturated carbocycles. The molecule has 1 amide bonds. The third kappa shape index (κ3) is 3.19. The Morgan fingerprint density at radius 3 is 2.46 bits per heavy atom. The number of benzene rings is 2. The van der Waals surface area contributed by atoms with Crippen molar-refractivity contribution in [2.45, 2.75) is 6.92 Å². The number of rotatable bonds is 3. The van der Waals surface area contributed by atoms with Gasteiger partial charge in [0.15, 0.2) is 0 Å². The Hall–Kier alpha value is -2.59. The second-order valence-corrected chi connectivity index (χ2v) is 6.26. The van der Waals surface area contributed by atoms with Crippen molar-refractivity contribution >= 4 is 40.7 Å². The highest BCUT2D eigenvalue weighted by molar-refractivity contribution is 6.33. The van der Waals surface area contributed by atoms with Gasteiger partial charge in [0.25, 0.3) is 5.91 Å². The standard InChI is InChI=1S/C19H18ClN3O/c1-13-18(11-14-7-9-16(10-8-14)22(2)3)19(24)23(21-13)17-6-4-5-15(20)12-17/h4-12H,1-3H3/b18-11+. The molecule has 0 saturated heterocycles. The zero-order chi connectivity index (χ0) is 17.3. The molecular weight excluding hydrogens is 322 g/mol. The van der Waals surface area contributed by atoms with Crippen molar-refractivity contribution in [2.75, 3.05) is 24.0 Å². The fourth-order valence-corrected chi connectivity index (χ4v) is 2.69. The van der Waals surface area contributed by atoms with Gasteiger partial charge in [0.1, 0.15) is 0 Å². The second-order valence-electron chi connectivity index (χ2n) is 5.83. The van der Waals surface area contributed by atoms with E-state index in [-0.39, 0.29) is 5.91 Å². The molecule has 2 aromatic carbocycles. The quantitative estimate of drug-likeness (QED) is 0.785. The van der Waals surface area contributed by atoms with Crippen LogP contribution in [0.15, 0.2) is 59.2 Å². The van der Waals surface area contributed by atoms with Gasteiger partial charge in [0.2, 0.25) is 0 Å². The molecule has 1 heterocycles. The fraction of sp³-hybridized carbons (Fsp3) is 0.158. The number of hydrogen-bond donors (Lipinski definition) is 0. The first kappa shape index (κ1) is 16.3. The minimum absolute atomic E-state index is 0.147. The average molecular weight is 340 g/mol. The van der Waals surface area contributed by atoms with Gasteiger partial charge in [-0.3, -0.25) is 4.79 Å². The van der Waals surface area contributed by atoms with Crippen LogP contribution in [0.1, 0.15) is 12.5 Å². The van der Waals surface area contributed by atoms with Crippen LogP contribution in [0.2, 0.25) is 5.02 Å². The number of halogens is 1. The Morgan fingerprint density at radius 2 is 1.83 bits per heavy atom. The maximum atomic E-state index is 12.7. The van der Waals surface area contributed by atoms with Crippen LogP contribution < -0.4 is 9.91 Å². The van der Waals surface area contributed by atoms with Crippen LogP contribution in [0.25, 0.3) is 6.08 Å². The van der Waals surface area contributed by atoms with E-state index < -0.39 is 0 Å². The number of amides is 1.